The van der Waals surface area contributed by atoms with Crippen LogP contribution in [0, 0.1) is 0 Å². The molecule has 1 aliphatic rings. The lowest BCUT2D eigenvalue weighted by molar-refractivity contribution is 0.518. The van der Waals surface area contributed by atoms with Gasteiger partial charge in [0.1, 0.15) is 5.76 Å². The van der Waals surface area contributed by atoms with Crippen molar-refractivity contribution in [3.05, 3.63) is 52.2 Å². The lowest BCUT2D eigenvalue weighted by Crippen LogP contribution is -2.24. The number of H-pyrrole nitrogens is 1. The second-order valence-electron chi connectivity index (χ2n) is 3.95. The van der Waals surface area contributed by atoms with Gasteiger partial charge in [-0.15, -0.1) is 5.98 Å². The van der Waals surface area contributed by atoms with Crippen LogP contribution in [0.3, 0.4) is 0 Å². The molecule has 3 rings (SSSR count). The van der Waals surface area contributed by atoms with Gasteiger partial charge in [-0.05, 0) is 33.5 Å². The van der Waals surface area contributed by atoms with E-state index in [2.05, 4.69) is 26.2 Å². The minimum atomic E-state index is -0.128. The molecule has 0 bridgehead atoms. The molecular weight excluding hydrogens is 295 g/mol. The van der Waals surface area contributed by atoms with Crippen LogP contribution in [0.25, 0.3) is 4.48 Å². The van der Waals surface area contributed by atoms with Gasteiger partial charge in [0, 0.05) is 16.2 Å². The van der Waals surface area contributed by atoms with Crippen molar-refractivity contribution in [1.29, 1.82) is 0 Å². The van der Waals surface area contributed by atoms with Gasteiger partial charge in [0.15, 0.2) is 7.28 Å². The summed E-state index contributed by atoms with van der Waals surface area (Å²) in [6, 6.07) is 5.28. The number of pyridine rings is 1. The largest absolute Gasteiger partial charge is 0.467 e. The van der Waals surface area contributed by atoms with Crippen LogP contribution in [0.15, 0.2) is 39.6 Å². The van der Waals surface area contributed by atoms with Gasteiger partial charge in [-0.2, -0.15) is 0 Å². The molecule has 18 heavy (non-hydrogen) atoms. The minimum absolute atomic E-state index is 0.128. The molecule has 89 valence electrons. The summed E-state index contributed by atoms with van der Waals surface area (Å²) in [5, 5.41) is 3.21. The quantitative estimate of drug-likeness (QED) is 0.847. The molecule has 6 heteroatoms. The first-order chi connectivity index (χ1) is 8.74. The molecule has 0 unspecified atom stereocenters. The maximum atomic E-state index is 11.6. The lowest BCUT2D eigenvalue weighted by atomic mass is 9.73. The molecule has 1 aliphatic heterocycles. The SMILES string of the molecule is O=c1cc(NCc2ccco2)c2c([nH]1)C(Br)=C[B]2. The van der Waals surface area contributed by atoms with Crippen LogP contribution in [-0.4, -0.2) is 12.3 Å². The summed E-state index contributed by atoms with van der Waals surface area (Å²) in [7, 11) is 1.96. The summed E-state index contributed by atoms with van der Waals surface area (Å²) in [4.78, 5) is 14.4. The molecule has 0 atom stereocenters. The molecule has 2 aromatic heterocycles. The zero-order valence-electron chi connectivity index (χ0n) is 9.37. The van der Waals surface area contributed by atoms with Gasteiger partial charge < -0.3 is 14.7 Å². The minimum Gasteiger partial charge on any atom is -0.467 e. The maximum absolute atomic E-state index is 11.6. The zero-order chi connectivity index (χ0) is 12.5. The summed E-state index contributed by atoms with van der Waals surface area (Å²) in [6.45, 7) is 0.550. The predicted molar refractivity (Wildman–Crippen MR) is 75.4 cm³/mol. The van der Waals surface area contributed by atoms with Crippen LogP contribution in [0.5, 0.6) is 0 Å². The number of anilines is 1. The van der Waals surface area contributed by atoms with E-state index in [-0.39, 0.29) is 5.56 Å². The first kappa shape index (κ1) is 11.4. The molecule has 0 saturated heterocycles. The Labute approximate surface area is 112 Å². The van der Waals surface area contributed by atoms with Gasteiger partial charge in [-0.25, -0.2) is 0 Å². The Morgan fingerprint density at radius 2 is 2.39 bits per heavy atom. The highest BCUT2D eigenvalue weighted by Crippen LogP contribution is 2.22. The van der Waals surface area contributed by atoms with Crippen LogP contribution in [0.1, 0.15) is 11.5 Å². The highest BCUT2D eigenvalue weighted by Gasteiger charge is 2.18. The molecule has 0 aliphatic carbocycles. The fraction of sp³-hybridized carbons (Fsp3) is 0.0833. The molecule has 0 fully saturated rings. The van der Waals surface area contributed by atoms with E-state index in [4.69, 9.17) is 4.42 Å². The molecule has 0 aromatic carbocycles. The Hall–Kier alpha value is -1.69. The van der Waals surface area contributed by atoms with Crippen molar-refractivity contribution in [2.75, 3.05) is 5.32 Å². The van der Waals surface area contributed by atoms with E-state index in [0.717, 1.165) is 27.1 Å². The number of hydrogen-bond donors (Lipinski definition) is 2. The first-order valence-electron chi connectivity index (χ1n) is 5.48. The number of nitrogens with one attached hydrogen (secondary N) is 2. The second-order valence-corrected chi connectivity index (χ2v) is 4.80. The second kappa shape index (κ2) is 4.53. The monoisotopic (exact) mass is 303 g/mol. The molecule has 0 saturated carbocycles. The normalized spacial score (nSPS) is 12.8. The highest BCUT2D eigenvalue weighted by molar-refractivity contribution is 9.15. The number of halogens is 1. The summed E-state index contributed by atoms with van der Waals surface area (Å²) in [5.74, 6) is 2.74. The Morgan fingerprint density at radius 1 is 1.50 bits per heavy atom. The molecule has 0 spiro atoms. The Bertz CT molecular complexity index is 661. The average Bonchev–Trinajstić information content (AvgIpc) is 2.97. The standard InChI is InChI=1S/C12H9BBrN2O2/c14-8-5-13-11-9(4-10(17)16-12(8)11)15-6-7-2-1-3-18-7/h1-5H,6H2,(H2,15,16,17). The lowest BCUT2D eigenvalue weighted by Gasteiger charge is -2.10. The van der Waals surface area contributed by atoms with Crippen molar-refractivity contribution in [1.82, 2.24) is 4.98 Å². The molecular formula is C12H9BBrN2O2. The van der Waals surface area contributed by atoms with Gasteiger partial charge >= 0.3 is 0 Å². The number of aromatic nitrogens is 1. The molecule has 4 nitrogen and oxygen atoms in total. The number of fused-ring (bicyclic) bond motifs is 1. The molecule has 2 aromatic rings. The van der Waals surface area contributed by atoms with Crippen molar-refractivity contribution >= 4 is 38.8 Å². The van der Waals surface area contributed by atoms with Crippen LogP contribution in [0.2, 0.25) is 0 Å². The zero-order valence-corrected chi connectivity index (χ0v) is 11.0. The Kier molecular flexibility index (Phi) is 2.87. The molecule has 0 amide bonds. The number of hydrogen-bond acceptors (Lipinski definition) is 3. The summed E-state index contributed by atoms with van der Waals surface area (Å²) < 4.78 is 6.13. The third-order valence-electron chi connectivity index (χ3n) is 2.75. The van der Waals surface area contributed by atoms with Gasteiger partial charge in [-0.3, -0.25) is 4.79 Å². The number of furan rings is 1. The van der Waals surface area contributed by atoms with Crippen molar-refractivity contribution < 1.29 is 4.42 Å². The van der Waals surface area contributed by atoms with Crippen LogP contribution in [-0.2, 0) is 6.54 Å². The van der Waals surface area contributed by atoms with Crippen molar-refractivity contribution in [2.45, 2.75) is 6.54 Å². The smallest absolute Gasteiger partial charge is 0.250 e. The van der Waals surface area contributed by atoms with E-state index in [9.17, 15) is 4.79 Å². The molecule has 2 N–H and O–H groups in total. The van der Waals surface area contributed by atoms with Gasteiger partial charge in [-0.1, -0.05) is 0 Å². The first-order valence-corrected chi connectivity index (χ1v) is 6.28. The Morgan fingerprint density at radius 3 is 3.17 bits per heavy atom. The van der Waals surface area contributed by atoms with Crippen molar-refractivity contribution in [3.63, 3.8) is 0 Å². The van der Waals surface area contributed by atoms with E-state index >= 15 is 0 Å². The van der Waals surface area contributed by atoms with E-state index in [1.54, 1.807) is 12.3 Å². The summed E-state index contributed by atoms with van der Waals surface area (Å²) in [5.41, 5.74) is 2.46. The van der Waals surface area contributed by atoms with E-state index in [0.29, 0.717) is 6.54 Å². The van der Waals surface area contributed by atoms with E-state index in [1.807, 2.05) is 25.4 Å². The molecule has 3 heterocycles. The topological polar surface area (TPSA) is 58.0 Å². The molecule has 1 radical (unpaired) electrons. The van der Waals surface area contributed by atoms with Crippen LogP contribution in [0.4, 0.5) is 5.69 Å². The fourth-order valence-electron chi connectivity index (χ4n) is 1.91. The predicted octanol–water partition coefficient (Wildman–Crippen LogP) is 1.62. The highest BCUT2D eigenvalue weighted by atomic mass is 79.9. The Balaban J connectivity index is 1.89. The number of rotatable bonds is 3. The van der Waals surface area contributed by atoms with Crippen LogP contribution >= 0.6 is 15.9 Å². The van der Waals surface area contributed by atoms with Gasteiger partial charge in [0.05, 0.1) is 18.5 Å². The maximum Gasteiger partial charge on any atom is 0.250 e. The summed E-state index contributed by atoms with van der Waals surface area (Å²) in [6.07, 6.45) is 1.63. The van der Waals surface area contributed by atoms with Crippen LogP contribution < -0.4 is 16.3 Å². The van der Waals surface area contributed by atoms with Crippen molar-refractivity contribution in [3.8, 4) is 0 Å². The number of aromatic amines is 1. The van der Waals surface area contributed by atoms with Gasteiger partial charge in [0.25, 0.3) is 0 Å². The fourth-order valence-corrected chi connectivity index (χ4v) is 2.36. The average molecular weight is 304 g/mol. The third kappa shape index (κ3) is 2.03. The third-order valence-corrected chi connectivity index (χ3v) is 3.41. The van der Waals surface area contributed by atoms with Crippen molar-refractivity contribution in [2.24, 2.45) is 0 Å². The summed E-state index contributed by atoms with van der Waals surface area (Å²) >= 11 is 3.41. The van der Waals surface area contributed by atoms with E-state index < -0.39 is 0 Å². The van der Waals surface area contributed by atoms with Gasteiger partial charge in [0.2, 0.25) is 5.56 Å². The van der Waals surface area contributed by atoms with E-state index in [1.165, 1.54) is 0 Å².